The van der Waals surface area contributed by atoms with E-state index in [1.165, 1.54) is 13.8 Å². The van der Waals surface area contributed by atoms with Crippen LogP contribution >= 0.6 is 0 Å². The molecule has 0 unspecified atom stereocenters. The summed E-state index contributed by atoms with van der Waals surface area (Å²) in [5.41, 5.74) is -6.97. The quantitative estimate of drug-likeness (QED) is 0.543. The number of hydroxylamine groups is 2. The summed E-state index contributed by atoms with van der Waals surface area (Å²) in [4.78, 5) is 22.5. The van der Waals surface area contributed by atoms with Crippen molar-refractivity contribution < 1.29 is 35.5 Å². The third-order valence-electron chi connectivity index (χ3n) is 2.04. The maximum Gasteiger partial charge on any atom is 0.525 e. The van der Waals surface area contributed by atoms with Crippen LogP contribution in [0.25, 0.3) is 0 Å². The highest BCUT2D eigenvalue weighted by atomic mass is 32.2. The zero-order valence-electron chi connectivity index (χ0n) is 8.74. The molecule has 0 spiro atoms. The van der Waals surface area contributed by atoms with E-state index in [4.69, 9.17) is 0 Å². The minimum absolute atomic E-state index is 0.358. The van der Waals surface area contributed by atoms with Gasteiger partial charge in [-0.15, -0.1) is 9.35 Å². The van der Waals surface area contributed by atoms with Gasteiger partial charge in [-0.1, -0.05) is 13.8 Å². The highest BCUT2D eigenvalue weighted by Crippen LogP contribution is 2.34. The fourth-order valence-corrected chi connectivity index (χ4v) is 1.56. The Balaban J connectivity index is 3.00. The molecule has 0 bridgehead atoms. The third kappa shape index (κ3) is 2.41. The highest BCUT2D eigenvalue weighted by Gasteiger charge is 2.54. The van der Waals surface area contributed by atoms with Gasteiger partial charge in [0.05, 0.1) is 5.41 Å². The van der Waals surface area contributed by atoms with Gasteiger partial charge in [0.1, 0.15) is 0 Å². The number of hydrogen-bond acceptors (Lipinski definition) is 5. The predicted octanol–water partition coefficient (Wildman–Crippen LogP) is 0.553. The lowest BCUT2D eigenvalue weighted by Crippen LogP contribution is -2.39. The lowest BCUT2D eigenvalue weighted by atomic mass is 9.92. The first-order valence-electron chi connectivity index (χ1n) is 4.27. The molecular formula is C7H8F3NO5S. The van der Waals surface area contributed by atoms with Crippen LogP contribution < -0.4 is 0 Å². The standard InChI is InChI=1S/C7H8F3NO5S/c1-6(2)3-4(12)11(5(6)13)16-17(14,15)7(8,9)10/h3H2,1-2H3. The molecule has 1 heterocycles. The van der Waals surface area contributed by atoms with Crippen LogP contribution in [0.5, 0.6) is 0 Å². The van der Waals surface area contributed by atoms with Crippen molar-refractivity contribution in [3.05, 3.63) is 0 Å². The zero-order valence-corrected chi connectivity index (χ0v) is 9.55. The molecule has 6 nitrogen and oxygen atoms in total. The van der Waals surface area contributed by atoms with E-state index in [1.807, 2.05) is 0 Å². The molecule has 0 radical (unpaired) electrons. The molecule has 2 amide bonds. The maximum absolute atomic E-state index is 12.0. The average molecular weight is 275 g/mol. The first kappa shape index (κ1) is 13.9. The van der Waals surface area contributed by atoms with Gasteiger partial charge in [-0.3, -0.25) is 9.59 Å². The van der Waals surface area contributed by atoms with Gasteiger partial charge in [0.25, 0.3) is 11.8 Å². The summed E-state index contributed by atoms with van der Waals surface area (Å²) in [6.07, 6.45) is -0.417. The lowest BCUT2D eigenvalue weighted by molar-refractivity contribution is -0.169. The molecule has 0 aromatic carbocycles. The smallest absolute Gasteiger partial charge is 0.272 e. The number of imide groups is 1. The molecular weight excluding hydrogens is 267 g/mol. The normalized spacial score (nSPS) is 21.1. The van der Waals surface area contributed by atoms with E-state index < -0.39 is 39.3 Å². The van der Waals surface area contributed by atoms with Gasteiger partial charge in [0.15, 0.2) is 0 Å². The number of carbonyl (C=O) groups excluding carboxylic acids is 2. The van der Waals surface area contributed by atoms with E-state index in [0.29, 0.717) is 0 Å². The van der Waals surface area contributed by atoms with Gasteiger partial charge in [0, 0.05) is 6.42 Å². The fraction of sp³-hybridized carbons (Fsp3) is 0.714. The van der Waals surface area contributed by atoms with Crippen LogP contribution in [0.3, 0.4) is 0 Å². The molecule has 17 heavy (non-hydrogen) atoms. The van der Waals surface area contributed by atoms with Gasteiger partial charge < -0.3 is 0 Å². The maximum atomic E-state index is 12.0. The average Bonchev–Trinajstić information content (AvgIpc) is 2.26. The predicted molar refractivity (Wildman–Crippen MR) is 46.3 cm³/mol. The number of alkyl halides is 3. The monoisotopic (exact) mass is 275 g/mol. The van der Waals surface area contributed by atoms with Crippen molar-refractivity contribution >= 4 is 21.9 Å². The summed E-state index contributed by atoms with van der Waals surface area (Å²) in [7, 11) is -6.01. The van der Waals surface area contributed by atoms with Crippen LogP contribution in [0.2, 0.25) is 0 Å². The molecule has 1 aliphatic heterocycles. The van der Waals surface area contributed by atoms with Crippen molar-refractivity contribution in [3.8, 4) is 0 Å². The Bertz CT molecular complexity index is 466. The summed E-state index contributed by atoms with van der Waals surface area (Å²) < 4.78 is 60.7. The second kappa shape index (κ2) is 3.67. The van der Waals surface area contributed by atoms with Gasteiger partial charge in [0.2, 0.25) is 0 Å². The van der Waals surface area contributed by atoms with Crippen molar-refractivity contribution in [1.29, 1.82) is 0 Å². The van der Waals surface area contributed by atoms with Crippen LogP contribution in [-0.4, -0.2) is 30.8 Å². The largest absolute Gasteiger partial charge is 0.525 e. The van der Waals surface area contributed by atoms with Gasteiger partial charge in [-0.25, -0.2) is 0 Å². The number of halogens is 3. The molecule has 10 heteroatoms. The molecule has 0 aliphatic carbocycles. The fourth-order valence-electron chi connectivity index (χ4n) is 1.13. The summed E-state index contributed by atoms with van der Waals surface area (Å²) >= 11 is 0. The first-order chi connectivity index (χ1) is 7.38. The Labute approximate surface area is 94.4 Å². The van der Waals surface area contributed by atoms with Gasteiger partial charge >= 0.3 is 15.6 Å². The SMILES string of the molecule is CC1(C)CC(=O)N(OS(=O)(=O)C(F)(F)F)C1=O. The van der Waals surface area contributed by atoms with Crippen molar-refractivity contribution in [2.24, 2.45) is 5.41 Å². The molecule has 0 saturated carbocycles. The van der Waals surface area contributed by atoms with Gasteiger partial charge in [-0.05, 0) is 0 Å². The number of hydrogen-bond donors (Lipinski definition) is 0. The molecule has 98 valence electrons. The van der Waals surface area contributed by atoms with E-state index in [0.717, 1.165) is 0 Å². The van der Waals surface area contributed by atoms with E-state index in [9.17, 15) is 31.2 Å². The van der Waals surface area contributed by atoms with E-state index in [-0.39, 0.29) is 5.06 Å². The molecule has 1 saturated heterocycles. The Kier molecular flexibility index (Phi) is 3.00. The Morgan fingerprint density at radius 1 is 1.29 bits per heavy atom. The second-order valence-electron chi connectivity index (χ2n) is 4.03. The van der Waals surface area contributed by atoms with Gasteiger partial charge in [-0.2, -0.15) is 21.6 Å². The van der Waals surface area contributed by atoms with Crippen LogP contribution in [0.4, 0.5) is 13.2 Å². The Morgan fingerprint density at radius 2 is 1.76 bits per heavy atom. The molecule has 1 aliphatic rings. The van der Waals surface area contributed by atoms with Crippen molar-refractivity contribution in [3.63, 3.8) is 0 Å². The van der Waals surface area contributed by atoms with E-state index >= 15 is 0 Å². The molecule has 0 atom stereocenters. The molecule has 1 rings (SSSR count). The number of rotatable bonds is 2. The topological polar surface area (TPSA) is 80.8 Å². The van der Waals surface area contributed by atoms with Crippen LogP contribution in [0.1, 0.15) is 20.3 Å². The summed E-state index contributed by atoms with van der Waals surface area (Å²) in [6.45, 7) is 2.58. The van der Waals surface area contributed by atoms with E-state index in [1.54, 1.807) is 0 Å². The molecule has 1 fully saturated rings. The second-order valence-corrected chi connectivity index (χ2v) is 5.55. The molecule has 0 aromatic rings. The third-order valence-corrected chi connectivity index (χ3v) is 2.95. The van der Waals surface area contributed by atoms with Crippen LogP contribution in [-0.2, 0) is 24.0 Å². The molecule has 0 N–H and O–H groups in total. The highest BCUT2D eigenvalue weighted by molar-refractivity contribution is 7.87. The number of amides is 2. The van der Waals surface area contributed by atoms with Crippen LogP contribution in [0.15, 0.2) is 0 Å². The van der Waals surface area contributed by atoms with Crippen molar-refractivity contribution in [1.82, 2.24) is 5.06 Å². The van der Waals surface area contributed by atoms with Crippen molar-refractivity contribution in [2.45, 2.75) is 25.8 Å². The Morgan fingerprint density at radius 3 is 2.06 bits per heavy atom. The minimum Gasteiger partial charge on any atom is -0.272 e. The molecule has 0 aromatic heterocycles. The first-order valence-corrected chi connectivity index (χ1v) is 5.67. The minimum atomic E-state index is -6.01. The van der Waals surface area contributed by atoms with E-state index in [2.05, 4.69) is 4.28 Å². The summed E-state index contributed by atoms with van der Waals surface area (Å²) in [5.74, 6) is -2.26. The lowest BCUT2D eigenvalue weighted by Gasteiger charge is -2.17. The summed E-state index contributed by atoms with van der Waals surface area (Å²) in [5, 5.41) is -0.358. The van der Waals surface area contributed by atoms with Crippen LogP contribution in [0, 0.1) is 5.41 Å². The number of carbonyl (C=O) groups is 2. The zero-order chi connectivity index (χ0) is 13.6. The van der Waals surface area contributed by atoms with Crippen molar-refractivity contribution in [2.75, 3.05) is 0 Å². The number of nitrogens with zero attached hydrogens (tertiary/aromatic N) is 1. The Hall–Kier alpha value is -1.16. The summed E-state index contributed by atoms with van der Waals surface area (Å²) in [6, 6.07) is 0.